The molecule has 28 heavy (non-hydrogen) atoms. The number of aryl methyl sites for hydroxylation is 2. The number of carbonyl (C=O) groups excluding carboxylic acids is 1. The molecule has 1 spiro atoms. The highest BCUT2D eigenvalue weighted by atomic mass is 16.6. The summed E-state index contributed by atoms with van der Waals surface area (Å²) in [4.78, 5) is 12.8. The van der Waals surface area contributed by atoms with Gasteiger partial charge in [0.1, 0.15) is 11.5 Å². The number of ether oxygens (including phenoxy) is 2. The lowest BCUT2D eigenvalue weighted by Crippen LogP contribution is -2.34. The largest absolute Gasteiger partial charge is 0.456 e. The Morgan fingerprint density at radius 1 is 0.964 bits per heavy atom. The maximum Gasteiger partial charge on any atom is 0.340 e. The van der Waals surface area contributed by atoms with Crippen molar-refractivity contribution in [3.63, 3.8) is 0 Å². The summed E-state index contributed by atoms with van der Waals surface area (Å²) >= 11 is 0. The van der Waals surface area contributed by atoms with Crippen molar-refractivity contribution < 1.29 is 14.3 Å². The number of hydrogen-bond acceptors (Lipinski definition) is 4. The lowest BCUT2D eigenvalue weighted by atomic mass is 9.75. The zero-order valence-electron chi connectivity index (χ0n) is 16.1. The van der Waals surface area contributed by atoms with Gasteiger partial charge in [-0.15, -0.1) is 0 Å². The van der Waals surface area contributed by atoms with Crippen LogP contribution in [-0.2, 0) is 10.3 Å². The third-order valence-corrected chi connectivity index (χ3v) is 5.53. The van der Waals surface area contributed by atoms with Crippen molar-refractivity contribution in [3.05, 3.63) is 88.0 Å². The molecule has 5 rings (SSSR count). The molecule has 2 aliphatic heterocycles. The zero-order chi connectivity index (χ0) is 19.5. The SMILES string of the molecule is CCNc1ccc2c(c1)Oc1cc(C)cc(C)c1C21OC(=O)c2ccccc21. The lowest BCUT2D eigenvalue weighted by molar-refractivity contribution is 0.0222. The van der Waals surface area contributed by atoms with Crippen molar-refractivity contribution in [2.24, 2.45) is 0 Å². The second kappa shape index (κ2) is 5.86. The summed E-state index contributed by atoms with van der Waals surface area (Å²) < 4.78 is 12.5. The molecule has 1 atom stereocenters. The van der Waals surface area contributed by atoms with Gasteiger partial charge in [0.25, 0.3) is 0 Å². The fourth-order valence-electron chi connectivity index (χ4n) is 4.53. The molecule has 0 aliphatic carbocycles. The van der Waals surface area contributed by atoms with Crippen molar-refractivity contribution >= 4 is 11.7 Å². The van der Waals surface area contributed by atoms with Crippen LogP contribution in [0.4, 0.5) is 5.69 Å². The quantitative estimate of drug-likeness (QED) is 0.621. The first-order valence-corrected chi connectivity index (χ1v) is 9.55. The van der Waals surface area contributed by atoms with Gasteiger partial charge in [-0.05, 0) is 56.2 Å². The maximum atomic E-state index is 12.8. The third kappa shape index (κ3) is 2.15. The number of anilines is 1. The fraction of sp³-hybridized carbons (Fsp3) is 0.208. The Morgan fingerprint density at radius 3 is 2.61 bits per heavy atom. The van der Waals surface area contributed by atoms with Crippen LogP contribution in [0.1, 0.15) is 45.1 Å². The summed E-state index contributed by atoms with van der Waals surface area (Å²) in [7, 11) is 0. The second-order valence-corrected chi connectivity index (χ2v) is 7.41. The number of nitrogens with one attached hydrogen (secondary N) is 1. The Bertz CT molecular complexity index is 1130. The van der Waals surface area contributed by atoms with Crippen molar-refractivity contribution in [3.8, 4) is 11.5 Å². The smallest absolute Gasteiger partial charge is 0.340 e. The highest BCUT2D eigenvalue weighted by molar-refractivity contribution is 5.97. The molecule has 3 aromatic carbocycles. The third-order valence-electron chi connectivity index (χ3n) is 5.53. The first kappa shape index (κ1) is 16.9. The highest BCUT2D eigenvalue weighted by Crippen LogP contribution is 2.57. The van der Waals surface area contributed by atoms with Crippen LogP contribution in [0.15, 0.2) is 54.6 Å². The minimum atomic E-state index is -0.987. The van der Waals surface area contributed by atoms with E-state index in [4.69, 9.17) is 9.47 Å². The van der Waals surface area contributed by atoms with Gasteiger partial charge in [-0.3, -0.25) is 0 Å². The molecule has 2 aliphatic rings. The van der Waals surface area contributed by atoms with Crippen LogP contribution in [0.25, 0.3) is 0 Å². The molecule has 140 valence electrons. The average molecular weight is 371 g/mol. The molecule has 0 aromatic heterocycles. The van der Waals surface area contributed by atoms with Gasteiger partial charge in [-0.1, -0.05) is 24.3 Å². The normalized spacial score (nSPS) is 18.8. The topological polar surface area (TPSA) is 47.6 Å². The van der Waals surface area contributed by atoms with Gasteiger partial charge >= 0.3 is 5.97 Å². The van der Waals surface area contributed by atoms with Crippen molar-refractivity contribution in [2.45, 2.75) is 26.4 Å². The molecular weight excluding hydrogens is 350 g/mol. The molecule has 0 saturated heterocycles. The van der Waals surface area contributed by atoms with Crippen molar-refractivity contribution in [1.82, 2.24) is 0 Å². The molecular formula is C24H21NO3. The molecule has 0 amide bonds. The number of fused-ring (bicyclic) bond motifs is 6. The number of esters is 1. The van der Waals surface area contributed by atoms with Gasteiger partial charge in [0.15, 0.2) is 5.60 Å². The van der Waals surface area contributed by atoms with Gasteiger partial charge in [-0.2, -0.15) is 0 Å². The van der Waals surface area contributed by atoms with E-state index in [2.05, 4.69) is 18.3 Å². The Hall–Kier alpha value is -3.27. The van der Waals surface area contributed by atoms with Gasteiger partial charge in [0.2, 0.25) is 0 Å². The van der Waals surface area contributed by atoms with Crippen LogP contribution in [0.2, 0.25) is 0 Å². The van der Waals surface area contributed by atoms with Crippen LogP contribution in [-0.4, -0.2) is 12.5 Å². The second-order valence-electron chi connectivity index (χ2n) is 7.41. The monoisotopic (exact) mass is 371 g/mol. The molecule has 1 unspecified atom stereocenters. The molecule has 0 saturated carbocycles. The molecule has 4 nitrogen and oxygen atoms in total. The van der Waals surface area contributed by atoms with Crippen LogP contribution < -0.4 is 10.1 Å². The standard InChI is InChI=1S/C24H21NO3/c1-4-25-16-9-10-19-20(13-16)27-21-12-14(2)11-15(3)22(21)24(19)18-8-6-5-7-17(18)23(26)28-24/h5-13,25H,4H2,1-3H3. The minimum absolute atomic E-state index is 0.301. The lowest BCUT2D eigenvalue weighted by Gasteiger charge is -2.38. The predicted octanol–water partition coefficient (Wildman–Crippen LogP) is 5.30. The van der Waals surface area contributed by atoms with E-state index < -0.39 is 5.60 Å². The molecule has 0 fully saturated rings. The molecule has 0 radical (unpaired) electrons. The zero-order valence-corrected chi connectivity index (χ0v) is 16.1. The van der Waals surface area contributed by atoms with E-state index in [-0.39, 0.29) is 5.97 Å². The molecule has 4 heteroatoms. The number of hydrogen-bond donors (Lipinski definition) is 1. The number of benzene rings is 3. The minimum Gasteiger partial charge on any atom is -0.456 e. The first-order valence-electron chi connectivity index (χ1n) is 9.55. The van der Waals surface area contributed by atoms with E-state index >= 15 is 0 Å². The number of rotatable bonds is 2. The Balaban J connectivity index is 1.87. The summed E-state index contributed by atoms with van der Waals surface area (Å²) in [6.07, 6.45) is 0. The van der Waals surface area contributed by atoms with Gasteiger partial charge in [-0.25, -0.2) is 4.79 Å². The fourth-order valence-corrected chi connectivity index (χ4v) is 4.53. The Morgan fingerprint density at radius 2 is 1.79 bits per heavy atom. The molecule has 0 bridgehead atoms. The van der Waals surface area contributed by atoms with Gasteiger partial charge in [0.05, 0.1) is 11.1 Å². The Labute approximate surface area is 164 Å². The number of carbonyl (C=O) groups is 1. The summed E-state index contributed by atoms with van der Waals surface area (Å²) in [5.41, 5.74) is 5.37. The van der Waals surface area contributed by atoms with Gasteiger partial charge < -0.3 is 14.8 Å². The van der Waals surface area contributed by atoms with Gasteiger partial charge in [0, 0.05) is 29.4 Å². The average Bonchev–Trinajstić information content (AvgIpc) is 2.95. The van der Waals surface area contributed by atoms with Crippen LogP contribution in [0.5, 0.6) is 11.5 Å². The van der Waals surface area contributed by atoms with E-state index in [9.17, 15) is 4.79 Å². The van der Waals surface area contributed by atoms with E-state index in [1.165, 1.54) is 0 Å². The van der Waals surface area contributed by atoms with E-state index in [0.717, 1.165) is 45.8 Å². The summed E-state index contributed by atoms with van der Waals surface area (Å²) in [5.74, 6) is 1.15. The van der Waals surface area contributed by atoms with Crippen LogP contribution in [0.3, 0.4) is 0 Å². The summed E-state index contributed by atoms with van der Waals surface area (Å²) in [5, 5.41) is 3.32. The van der Waals surface area contributed by atoms with Crippen LogP contribution >= 0.6 is 0 Å². The van der Waals surface area contributed by atoms with E-state index in [1.807, 2.05) is 62.4 Å². The summed E-state index contributed by atoms with van der Waals surface area (Å²) in [6.45, 7) is 6.96. The predicted molar refractivity (Wildman–Crippen MR) is 108 cm³/mol. The van der Waals surface area contributed by atoms with E-state index in [0.29, 0.717) is 11.3 Å². The summed E-state index contributed by atoms with van der Waals surface area (Å²) in [6, 6.07) is 17.8. The Kier molecular flexibility index (Phi) is 3.53. The first-order chi connectivity index (χ1) is 13.5. The molecule has 2 heterocycles. The van der Waals surface area contributed by atoms with Crippen molar-refractivity contribution in [1.29, 1.82) is 0 Å². The molecule has 1 N–H and O–H groups in total. The maximum absolute atomic E-state index is 12.8. The van der Waals surface area contributed by atoms with E-state index in [1.54, 1.807) is 0 Å². The highest BCUT2D eigenvalue weighted by Gasteiger charge is 2.54. The van der Waals surface area contributed by atoms with Crippen LogP contribution in [0, 0.1) is 13.8 Å². The van der Waals surface area contributed by atoms with Crippen molar-refractivity contribution in [2.75, 3.05) is 11.9 Å². The molecule has 3 aromatic rings.